The van der Waals surface area contributed by atoms with E-state index in [4.69, 9.17) is 0 Å². The first-order valence-electron chi connectivity index (χ1n) is 6.17. The summed E-state index contributed by atoms with van der Waals surface area (Å²) >= 11 is 0. The molecule has 0 atom stereocenters. The van der Waals surface area contributed by atoms with Gasteiger partial charge in [-0.05, 0) is 26.0 Å². The second kappa shape index (κ2) is 7.44. The third kappa shape index (κ3) is 3.06. The lowest BCUT2D eigenvalue weighted by Gasteiger charge is -2.04. The van der Waals surface area contributed by atoms with Gasteiger partial charge >= 0.3 is 7.62 Å². The molecular formula is C16H19BNO. The lowest BCUT2D eigenvalue weighted by Crippen LogP contribution is -2.09. The minimum Gasteiger partial charge on any atom is -0.435 e. The Kier molecular flexibility index (Phi) is 5.90. The SMILES string of the molecule is C=C/C=C\c1c(C=C)c(/C=C\C)c(/C=C\C)n1[B]O. The van der Waals surface area contributed by atoms with Crippen LogP contribution in [0.15, 0.2) is 37.5 Å². The van der Waals surface area contributed by atoms with Crippen molar-refractivity contribution in [2.24, 2.45) is 0 Å². The molecule has 0 bridgehead atoms. The van der Waals surface area contributed by atoms with E-state index in [9.17, 15) is 5.02 Å². The molecule has 0 aliphatic carbocycles. The molecule has 1 radical (unpaired) electrons. The fraction of sp³-hybridized carbons (Fsp3) is 0.125. The predicted octanol–water partition coefficient (Wildman–Crippen LogP) is 3.77. The van der Waals surface area contributed by atoms with E-state index < -0.39 is 0 Å². The molecule has 1 rings (SSSR count). The van der Waals surface area contributed by atoms with Crippen molar-refractivity contribution >= 4 is 31.9 Å². The molecule has 0 spiro atoms. The van der Waals surface area contributed by atoms with Gasteiger partial charge in [0.15, 0.2) is 0 Å². The van der Waals surface area contributed by atoms with Crippen molar-refractivity contribution in [1.29, 1.82) is 0 Å². The molecule has 1 heterocycles. The molecule has 0 aromatic carbocycles. The lowest BCUT2D eigenvalue weighted by atomic mass is 10.1. The fourth-order valence-corrected chi connectivity index (χ4v) is 2.00. The summed E-state index contributed by atoms with van der Waals surface area (Å²) in [6.45, 7) is 11.4. The Labute approximate surface area is 116 Å². The molecule has 0 amide bonds. The Hall–Kier alpha value is -2.00. The molecule has 97 valence electrons. The van der Waals surface area contributed by atoms with Gasteiger partial charge < -0.3 is 9.50 Å². The summed E-state index contributed by atoms with van der Waals surface area (Å²) in [5, 5.41) is 9.51. The van der Waals surface area contributed by atoms with Crippen LogP contribution in [0.4, 0.5) is 0 Å². The van der Waals surface area contributed by atoms with Crippen molar-refractivity contribution in [3.8, 4) is 0 Å². The highest BCUT2D eigenvalue weighted by atomic mass is 16.2. The zero-order chi connectivity index (χ0) is 14.3. The van der Waals surface area contributed by atoms with Gasteiger partial charge in [-0.2, -0.15) is 0 Å². The number of hydrogen-bond acceptors (Lipinski definition) is 1. The third-order valence-electron chi connectivity index (χ3n) is 2.73. The van der Waals surface area contributed by atoms with Gasteiger partial charge in [-0.3, -0.25) is 0 Å². The maximum Gasteiger partial charge on any atom is 0.441 e. The van der Waals surface area contributed by atoms with Gasteiger partial charge in [0.05, 0.1) is 0 Å². The maximum absolute atomic E-state index is 9.51. The first kappa shape index (κ1) is 15.1. The molecule has 1 N–H and O–H groups in total. The van der Waals surface area contributed by atoms with E-state index in [0.29, 0.717) is 0 Å². The zero-order valence-electron chi connectivity index (χ0n) is 11.5. The molecular weight excluding hydrogens is 233 g/mol. The number of nitrogens with zero attached hydrogens (tertiary/aromatic N) is 1. The van der Waals surface area contributed by atoms with E-state index in [1.165, 1.54) is 0 Å². The molecule has 0 aliphatic heterocycles. The molecule has 0 unspecified atom stereocenters. The van der Waals surface area contributed by atoms with Gasteiger partial charge in [-0.25, -0.2) is 0 Å². The van der Waals surface area contributed by atoms with E-state index in [-0.39, 0.29) is 0 Å². The highest BCUT2D eigenvalue weighted by Crippen LogP contribution is 2.27. The minimum absolute atomic E-state index is 0.874. The van der Waals surface area contributed by atoms with E-state index in [2.05, 4.69) is 13.2 Å². The van der Waals surface area contributed by atoms with Crippen molar-refractivity contribution in [3.63, 3.8) is 0 Å². The van der Waals surface area contributed by atoms with Crippen molar-refractivity contribution in [2.75, 3.05) is 0 Å². The quantitative estimate of drug-likeness (QED) is 0.605. The Bertz CT molecular complexity index is 548. The number of rotatable bonds is 6. The van der Waals surface area contributed by atoms with Gasteiger partial charge in [0.1, 0.15) is 0 Å². The van der Waals surface area contributed by atoms with E-state index in [1.54, 1.807) is 16.6 Å². The van der Waals surface area contributed by atoms with Gasteiger partial charge in [0, 0.05) is 22.5 Å². The third-order valence-corrected chi connectivity index (χ3v) is 2.73. The topological polar surface area (TPSA) is 25.2 Å². The second-order valence-corrected chi connectivity index (χ2v) is 3.88. The van der Waals surface area contributed by atoms with Crippen LogP contribution in [0.25, 0.3) is 24.3 Å². The number of hydrogen-bond donors (Lipinski definition) is 1. The van der Waals surface area contributed by atoms with Crippen LogP contribution in [0.2, 0.25) is 0 Å². The molecule has 1 aromatic rings. The van der Waals surface area contributed by atoms with Crippen LogP contribution in [0, 0.1) is 0 Å². The van der Waals surface area contributed by atoms with Crippen LogP contribution in [-0.2, 0) is 0 Å². The summed E-state index contributed by atoms with van der Waals surface area (Å²) in [5.74, 6) is 0. The highest BCUT2D eigenvalue weighted by molar-refractivity contribution is 6.25. The maximum atomic E-state index is 9.51. The van der Waals surface area contributed by atoms with Crippen LogP contribution in [0.5, 0.6) is 0 Å². The fourth-order valence-electron chi connectivity index (χ4n) is 2.00. The van der Waals surface area contributed by atoms with E-state index >= 15 is 0 Å². The van der Waals surface area contributed by atoms with Crippen LogP contribution >= 0.6 is 0 Å². The summed E-state index contributed by atoms with van der Waals surface area (Å²) in [5.41, 5.74) is 3.81. The van der Waals surface area contributed by atoms with Crippen molar-refractivity contribution < 1.29 is 5.02 Å². The molecule has 0 saturated carbocycles. The standard InChI is InChI=1S/C16H19BNO/c1-5-9-12-16-13(8-4)14(10-6-2)15(11-7-3)18(16)17-19/h5-12,19H,1,4H2,2-3H3/b10-6-,11-7-,12-9-. The Balaban J connectivity index is 3.69. The van der Waals surface area contributed by atoms with E-state index in [1.807, 2.05) is 50.3 Å². The molecule has 1 aromatic heterocycles. The van der Waals surface area contributed by atoms with Gasteiger partial charge in [0.25, 0.3) is 0 Å². The molecule has 0 aliphatic rings. The first-order valence-corrected chi connectivity index (χ1v) is 6.17. The second-order valence-electron chi connectivity index (χ2n) is 3.88. The molecule has 3 heteroatoms. The van der Waals surface area contributed by atoms with Gasteiger partial charge in [0.2, 0.25) is 0 Å². The van der Waals surface area contributed by atoms with Crippen LogP contribution < -0.4 is 0 Å². The van der Waals surface area contributed by atoms with Gasteiger partial charge in [-0.15, -0.1) is 0 Å². The van der Waals surface area contributed by atoms with Crippen LogP contribution in [0.3, 0.4) is 0 Å². The van der Waals surface area contributed by atoms with Crippen molar-refractivity contribution in [1.82, 2.24) is 4.48 Å². The molecule has 2 nitrogen and oxygen atoms in total. The molecule has 0 fully saturated rings. The summed E-state index contributed by atoms with van der Waals surface area (Å²) in [6, 6.07) is 0. The molecule has 0 saturated heterocycles. The average Bonchev–Trinajstić information content (AvgIpc) is 2.70. The largest absolute Gasteiger partial charge is 0.441 e. The summed E-state index contributed by atoms with van der Waals surface area (Å²) in [4.78, 5) is 0. The van der Waals surface area contributed by atoms with Crippen molar-refractivity contribution in [3.05, 3.63) is 60.0 Å². The first-order chi connectivity index (χ1) is 9.24. The smallest absolute Gasteiger partial charge is 0.435 e. The highest BCUT2D eigenvalue weighted by Gasteiger charge is 2.16. The number of aromatic nitrogens is 1. The van der Waals surface area contributed by atoms with Gasteiger partial charge in [-0.1, -0.05) is 49.6 Å². The van der Waals surface area contributed by atoms with Crippen molar-refractivity contribution in [2.45, 2.75) is 13.8 Å². The minimum atomic E-state index is 0.874. The Morgan fingerprint density at radius 1 is 1.00 bits per heavy atom. The summed E-state index contributed by atoms with van der Waals surface area (Å²) in [7, 11) is 1.07. The monoisotopic (exact) mass is 252 g/mol. The Morgan fingerprint density at radius 3 is 2.11 bits per heavy atom. The number of allylic oxidation sites excluding steroid dienone is 4. The Morgan fingerprint density at radius 2 is 1.63 bits per heavy atom. The van der Waals surface area contributed by atoms with Crippen LogP contribution in [-0.4, -0.2) is 17.1 Å². The zero-order valence-corrected chi connectivity index (χ0v) is 11.5. The van der Waals surface area contributed by atoms with Crippen LogP contribution in [0.1, 0.15) is 36.4 Å². The van der Waals surface area contributed by atoms with E-state index in [0.717, 1.165) is 30.1 Å². The summed E-state index contributed by atoms with van der Waals surface area (Å²) in [6.07, 6.45) is 15.1. The predicted molar refractivity (Wildman–Crippen MR) is 86.5 cm³/mol. The molecule has 19 heavy (non-hydrogen) atoms. The summed E-state index contributed by atoms with van der Waals surface area (Å²) < 4.78 is 1.73. The average molecular weight is 252 g/mol. The lowest BCUT2D eigenvalue weighted by molar-refractivity contribution is 0.588. The normalized spacial score (nSPS) is 11.7.